The predicted molar refractivity (Wildman–Crippen MR) is 362 cm³/mol. The summed E-state index contributed by atoms with van der Waals surface area (Å²) < 4.78 is 16.8. The molecule has 83 heavy (non-hydrogen) atoms. The van der Waals surface area contributed by atoms with E-state index in [2.05, 4.69) is 142 Å². The van der Waals surface area contributed by atoms with E-state index in [-0.39, 0.29) is 31.6 Å². The van der Waals surface area contributed by atoms with Gasteiger partial charge in [-0.1, -0.05) is 309 Å². The summed E-state index contributed by atoms with van der Waals surface area (Å²) in [6.07, 6.45) is 99.3. The Morgan fingerprint density at radius 2 is 0.518 bits per heavy atom. The highest BCUT2D eigenvalue weighted by atomic mass is 16.6. The van der Waals surface area contributed by atoms with Crippen LogP contribution in [0.15, 0.2) is 134 Å². The smallest absolute Gasteiger partial charge is 0.309 e. The van der Waals surface area contributed by atoms with Gasteiger partial charge in [-0.2, -0.15) is 0 Å². The van der Waals surface area contributed by atoms with Crippen molar-refractivity contribution in [2.75, 3.05) is 13.2 Å². The number of carbonyl (C=O) groups excluding carboxylic acids is 3. The van der Waals surface area contributed by atoms with Gasteiger partial charge in [0, 0.05) is 12.8 Å². The van der Waals surface area contributed by atoms with E-state index in [1.54, 1.807) is 6.08 Å². The molecule has 472 valence electrons. The first-order valence-electron chi connectivity index (χ1n) is 34.7. The van der Waals surface area contributed by atoms with Crippen LogP contribution in [0.5, 0.6) is 0 Å². The minimum Gasteiger partial charge on any atom is -0.462 e. The molecule has 0 heterocycles. The van der Waals surface area contributed by atoms with Crippen molar-refractivity contribution in [1.29, 1.82) is 0 Å². The molecule has 0 aliphatic carbocycles. The average molecular weight is 1150 g/mol. The fourth-order valence-corrected chi connectivity index (χ4v) is 9.47. The van der Waals surface area contributed by atoms with Crippen molar-refractivity contribution in [3.63, 3.8) is 0 Å². The van der Waals surface area contributed by atoms with E-state index in [4.69, 9.17) is 14.2 Å². The molecule has 6 heteroatoms. The Balaban J connectivity index is 4.34. The van der Waals surface area contributed by atoms with Crippen molar-refractivity contribution in [3.05, 3.63) is 134 Å². The van der Waals surface area contributed by atoms with Gasteiger partial charge in [-0.15, -0.1) is 0 Å². The summed E-state index contributed by atoms with van der Waals surface area (Å²) >= 11 is 0. The predicted octanol–water partition coefficient (Wildman–Crippen LogP) is 24.1. The third kappa shape index (κ3) is 68.2. The number of allylic oxidation sites excluding steroid dienone is 21. The third-order valence-electron chi connectivity index (χ3n) is 14.6. The molecule has 0 radical (unpaired) electrons. The molecular formula is C77H128O6. The first kappa shape index (κ1) is 78.5. The molecule has 0 amide bonds. The molecule has 0 fully saturated rings. The summed E-state index contributed by atoms with van der Waals surface area (Å²) in [6.45, 7) is 6.41. The van der Waals surface area contributed by atoms with Crippen LogP contribution < -0.4 is 0 Å². The number of rotatable bonds is 62. The molecule has 0 saturated carbocycles. The van der Waals surface area contributed by atoms with Gasteiger partial charge in [0.05, 0.1) is 6.42 Å². The van der Waals surface area contributed by atoms with Crippen molar-refractivity contribution in [2.45, 2.75) is 322 Å². The number of carbonyl (C=O) groups is 3. The molecule has 0 aliphatic heterocycles. The van der Waals surface area contributed by atoms with E-state index in [9.17, 15) is 14.4 Å². The lowest BCUT2D eigenvalue weighted by Crippen LogP contribution is -2.30. The second-order valence-corrected chi connectivity index (χ2v) is 22.7. The van der Waals surface area contributed by atoms with Crippen molar-refractivity contribution in [2.24, 2.45) is 0 Å². The van der Waals surface area contributed by atoms with Crippen LogP contribution in [-0.2, 0) is 28.6 Å². The number of hydrogen-bond donors (Lipinski definition) is 0. The fraction of sp³-hybridized carbons (Fsp3) is 0.675. The largest absolute Gasteiger partial charge is 0.462 e. The summed E-state index contributed by atoms with van der Waals surface area (Å²) in [5.41, 5.74) is 0. The number of ether oxygens (including phenoxy) is 3. The lowest BCUT2D eigenvalue weighted by Gasteiger charge is -2.18. The maximum absolute atomic E-state index is 12.9. The quantitative estimate of drug-likeness (QED) is 0.0261. The standard InChI is InChI=1S/C77H128O6/c1-4-7-10-13-16-19-22-25-28-30-32-33-34-35-36-37-38-39-40-41-42-43-45-46-49-52-55-58-61-64-67-70-76(79)82-73-74(72-81-75(78)69-66-63-60-57-54-51-48-27-24-21-18-15-12-9-6-3)83-77(80)71-68-65-62-59-56-53-50-47-44-31-29-26-23-20-17-14-11-8-5-2/h9,12,17-18,20-22,25-27,29-30,32,34-35,44,47-48,54,57,63,66,74H,4-8,10-11,13-16,19,23-24,28,31,33,36-43,45-46,49-53,55-56,58-62,64-65,67-73H2,1-3H3/b12-9-,20-17-,21-18-,25-22-,29-26-,32-30-,35-34-,47-44-,48-27-,57-54-,66-63-. The highest BCUT2D eigenvalue weighted by Gasteiger charge is 2.19. The van der Waals surface area contributed by atoms with E-state index < -0.39 is 12.1 Å². The van der Waals surface area contributed by atoms with Gasteiger partial charge in [0.15, 0.2) is 6.10 Å². The lowest BCUT2D eigenvalue weighted by molar-refractivity contribution is -0.166. The Bertz CT molecular complexity index is 1750. The minimum absolute atomic E-state index is 0.115. The van der Waals surface area contributed by atoms with E-state index in [0.29, 0.717) is 12.8 Å². The molecular weight excluding hydrogens is 1020 g/mol. The molecule has 0 aromatic rings. The minimum atomic E-state index is -0.831. The van der Waals surface area contributed by atoms with Crippen molar-refractivity contribution in [1.82, 2.24) is 0 Å². The van der Waals surface area contributed by atoms with Gasteiger partial charge in [-0.3, -0.25) is 14.4 Å². The first-order chi connectivity index (χ1) is 41.0. The van der Waals surface area contributed by atoms with Crippen LogP contribution in [0.1, 0.15) is 316 Å². The molecule has 0 spiro atoms. The Labute approximate surface area is 513 Å². The van der Waals surface area contributed by atoms with Crippen LogP contribution in [0.25, 0.3) is 0 Å². The Morgan fingerprint density at radius 1 is 0.265 bits per heavy atom. The molecule has 0 N–H and O–H groups in total. The van der Waals surface area contributed by atoms with Crippen molar-refractivity contribution in [3.8, 4) is 0 Å². The van der Waals surface area contributed by atoms with Crippen LogP contribution in [0.3, 0.4) is 0 Å². The third-order valence-corrected chi connectivity index (χ3v) is 14.6. The van der Waals surface area contributed by atoms with E-state index in [1.807, 2.05) is 6.08 Å². The van der Waals surface area contributed by atoms with Gasteiger partial charge in [-0.05, 0) is 122 Å². The Morgan fingerprint density at radius 3 is 0.867 bits per heavy atom. The maximum atomic E-state index is 12.9. The van der Waals surface area contributed by atoms with Gasteiger partial charge in [0.25, 0.3) is 0 Å². The Kier molecular flexibility index (Phi) is 66.3. The molecule has 0 rings (SSSR count). The zero-order valence-electron chi connectivity index (χ0n) is 54.2. The summed E-state index contributed by atoms with van der Waals surface area (Å²) in [7, 11) is 0. The normalized spacial score (nSPS) is 13.0. The fourth-order valence-electron chi connectivity index (χ4n) is 9.47. The van der Waals surface area contributed by atoms with Crippen LogP contribution >= 0.6 is 0 Å². The molecule has 0 aromatic heterocycles. The summed E-state index contributed by atoms with van der Waals surface area (Å²) in [5, 5.41) is 0. The first-order valence-corrected chi connectivity index (χ1v) is 34.7. The van der Waals surface area contributed by atoms with Gasteiger partial charge in [0.1, 0.15) is 13.2 Å². The summed E-state index contributed by atoms with van der Waals surface area (Å²) in [4.78, 5) is 38.3. The van der Waals surface area contributed by atoms with Crippen molar-refractivity contribution >= 4 is 17.9 Å². The maximum Gasteiger partial charge on any atom is 0.309 e. The summed E-state index contributed by atoms with van der Waals surface area (Å²) in [6, 6.07) is 0. The monoisotopic (exact) mass is 1150 g/mol. The van der Waals surface area contributed by atoms with Gasteiger partial charge < -0.3 is 14.2 Å². The van der Waals surface area contributed by atoms with Crippen LogP contribution in [0.4, 0.5) is 0 Å². The van der Waals surface area contributed by atoms with Crippen LogP contribution in [-0.4, -0.2) is 37.2 Å². The van der Waals surface area contributed by atoms with E-state index in [1.165, 1.54) is 167 Å². The van der Waals surface area contributed by atoms with Crippen LogP contribution in [0.2, 0.25) is 0 Å². The molecule has 6 nitrogen and oxygen atoms in total. The molecule has 0 bridgehead atoms. The topological polar surface area (TPSA) is 78.9 Å². The summed E-state index contributed by atoms with van der Waals surface area (Å²) in [5.74, 6) is -1.06. The molecule has 0 aliphatic rings. The zero-order valence-corrected chi connectivity index (χ0v) is 54.2. The second kappa shape index (κ2) is 70.0. The number of unbranched alkanes of at least 4 members (excludes halogenated alkanes) is 30. The SMILES string of the molecule is CC/C=C\C/C=C\C/C=C\C/C=C\C/C=C\CC(=O)OCC(COC(=O)CCCCCCCCCCCCCCCCCC/C=C\C/C=C\C/C=C\CCCCCCC)OC(=O)CCCCCCCC/C=C\C/C=C\C/C=C\CCCCC. The highest BCUT2D eigenvalue weighted by molar-refractivity contribution is 5.72. The van der Waals surface area contributed by atoms with Crippen LogP contribution in [0, 0.1) is 0 Å². The van der Waals surface area contributed by atoms with Gasteiger partial charge in [0.2, 0.25) is 0 Å². The van der Waals surface area contributed by atoms with Gasteiger partial charge >= 0.3 is 17.9 Å². The second-order valence-electron chi connectivity index (χ2n) is 22.7. The Hall–Kier alpha value is -4.45. The number of esters is 3. The lowest BCUT2D eigenvalue weighted by atomic mass is 10.0. The number of hydrogen-bond acceptors (Lipinski definition) is 6. The molecule has 0 saturated heterocycles. The van der Waals surface area contributed by atoms with Gasteiger partial charge in [-0.25, -0.2) is 0 Å². The average Bonchev–Trinajstić information content (AvgIpc) is 3.50. The van der Waals surface area contributed by atoms with E-state index in [0.717, 1.165) is 109 Å². The van der Waals surface area contributed by atoms with E-state index >= 15 is 0 Å². The zero-order chi connectivity index (χ0) is 59.9. The molecule has 0 aromatic carbocycles. The molecule has 1 unspecified atom stereocenters. The highest BCUT2D eigenvalue weighted by Crippen LogP contribution is 2.16. The molecule has 1 atom stereocenters. The van der Waals surface area contributed by atoms with Crippen molar-refractivity contribution < 1.29 is 28.6 Å².